The molecule has 6 heteroatoms. The fraction of sp³-hybridized carbons (Fsp3) is 0.286. The largest absolute Gasteiger partial charge is 0.508 e. The molecule has 0 amide bonds. The highest BCUT2D eigenvalue weighted by Gasteiger charge is 2.13. The maximum absolute atomic E-state index is 10.0. The molecule has 3 rings (SSSR count). The molecule has 3 aromatic rings. The number of hydrogen-bond acceptors (Lipinski definition) is 4. The smallest absolute Gasteiger partial charge is 0.192 e. The van der Waals surface area contributed by atoms with Crippen molar-refractivity contribution in [1.82, 2.24) is 10.6 Å². The number of benzene rings is 2. The van der Waals surface area contributed by atoms with Crippen molar-refractivity contribution in [2.45, 2.75) is 26.4 Å². The maximum Gasteiger partial charge on any atom is 0.192 e. The number of aromatic hydroxyl groups is 1. The van der Waals surface area contributed by atoms with Crippen molar-refractivity contribution >= 4 is 16.9 Å². The van der Waals surface area contributed by atoms with Crippen LogP contribution >= 0.6 is 0 Å². The molecular formula is C21H25N3O3. The third-order valence-corrected chi connectivity index (χ3v) is 4.26. The van der Waals surface area contributed by atoms with E-state index in [1.807, 2.05) is 44.2 Å². The molecule has 0 saturated carbocycles. The number of guanidine groups is 1. The molecule has 1 unspecified atom stereocenters. The third-order valence-electron chi connectivity index (χ3n) is 4.26. The molecule has 6 nitrogen and oxygen atoms in total. The second-order valence-corrected chi connectivity index (χ2v) is 6.24. The van der Waals surface area contributed by atoms with Gasteiger partial charge < -0.3 is 24.9 Å². The van der Waals surface area contributed by atoms with Gasteiger partial charge in [0.1, 0.15) is 22.8 Å². The van der Waals surface area contributed by atoms with Gasteiger partial charge in [0.15, 0.2) is 5.96 Å². The maximum atomic E-state index is 10.0. The number of rotatable bonds is 6. The molecule has 3 N–H and O–H groups in total. The Morgan fingerprint density at radius 2 is 2.04 bits per heavy atom. The highest BCUT2D eigenvalue weighted by Crippen LogP contribution is 2.25. The highest BCUT2D eigenvalue weighted by molar-refractivity contribution is 5.81. The van der Waals surface area contributed by atoms with Gasteiger partial charge in [0.25, 0.3) is 0 Å². The molecule has 1 atom stereocenters. The van der Waals surface area contributed by atoms with Gasteiger partial charge in [-0.2, -0.15) is 0 Å². The van der Waals surface area contributed by atoms with Crippen LogP contribution in [0, 0.1) is 0 Å². The van der Waals surface area contributed by atoms with Crippen molar-refractivity contribution in [2.24, 2.45) is 4.99 Å². The highest BCUT2D eigenvalue weighted by atomic mass is 16.5. The second kappa shape index (κ2) is 8.49. The Labute approximate surface area is 158 Å². The fourth-order valence-corrected chi connectivity index (χ4v) is 2.79. The molecule has 0 bridgehead atoms. The molecule has 2 aromatic carbocycles. The minimum absolute atomic E-state index is 0.0610. The van der Waals surface area contributed by atoms with Crippen LogP contribution in [-0.2, 0) is 6.54 Å². The quantitative estimate of drug-likeness (QED) is 0.454. The molecule has 0 aliphatic carbocycles. The van der Waals surface area contributed by atoms with Gasteiger partial charge in [0, 0.05) is 17.5 Å². The first-order chi connectivity index (χ1) is 13.1. The third kappa shape index (κ3) is 4.53. The van der Waals surface area contributed by atoms with Gasteiger partial charge in [0.05, 0.1) is 19.7 Å². The molecule has 1 heterocycles. The summed E-state index contributed by atoms with van der Waals surface area (Å²) in [7, 11) is 1.60. The van der Waals surface area contributed by atoms with Crippen molar-refractivity contribution in [1.29, 1.82) is 0 Å². The Balaban J connectivity index is 1.75. The van der Waals surface area contributed by atoms with Crippen molar-refractivity contribution in [2.75, 3.05) is 13.7 Å². The summed E-state index contributed by atoms with van der Waals surface area (Å²) in [5.74, 6) is 2.37. The average Bonchev–Trinajstić information content (AvgIpc) is 3.11. The summed E-state index contributed by atoms with van der Waals surface area (Å²) in [5.41, 5.74) is 1.56. The monoisotopic (exact) mass is 367 g/mol. The van der Waals surface area contributed by atoms with Gasteiger partial charge in [-0.15, -0.1) is 0 Å². The van der Waals surface area contributed by atoms with E-state index in [1.54, 1.807) is 25.3 Å². The number of methoxy groups -OCH3 is 1. The van der Waals surface area contributed by atoms with E-state index in [2.05, 4.69) is 15.6 Å². The Morgan fingerprint density at radius 3 is 2.78 bits per heavy atom. The molecule has 27 heavy (non-hydrogen) atoms. The molecule has 0 saturated heterocycles. The number of para-hydroxylation sites is 1. The molecule has 0 fully saturated rings. The summed E-state index contributed by atoms with van der Waals surface area (Å²) in [6.45, 7) is 5.08. The zero-order chi connectivity index (χ0) is 19.2. The first-order valence-electron chi connectivity index (χ1n) is 9.00. The minimum Gasteiger partial charge on any atom is -0.508 e. The summed E-state index contributed by atoms with van der Waals surface area (Å²) in [6.07, 6.45) is 0. The standard InChI is InChI=1S/C21H25N3O3/c1-4-22-21(23-13-16-11-17(26-3)9-10-18(16)25)24-14(2)20-12-15-7-5-6-8-19(15)27-20/h5-12,14,25H,4,13H2,1-3H3,(H2,22,23,24). The number of phenols is 1. The van der Waals surface area contributed by atoms with Gasteiger partial charge in [-0.25, -0.2) is 4.99 Å². The summed E-state index contributed by atoms with van der Waals surface area (Å²) in [6, 6.07) is 15.0. The predicted molar refractivity (Wildman–Crippen MR) is 107 cm³/mol. The Hall–Kier alpha value is -3.15. The van der Waals surface area contributed by atoms with Crippen molar-refractivity contribution in [3.8, 4) is 11.5 Å². The number of aliphatic imine (C=N–C) groups is 1. The van der Waals surface area contributed by atoms with Crippen LogP contribution in [-0.4, -0.2) is 24.7 Å². The lowest BCUT2D eigenvalue weighted by molar-refractivity contribution is 0.411. The van der Waals surface area contributed by atoms with Crippen molar-refractivity contribution in [3.63, 3.8) is 0 Å². The average molecular weight is 367 g/mol. The van der Waals surface area contributed by atoms with E-state index in [4.69, 9.17) is 9.15 Å². The number of ether oxygens (including phenoxy) is 1. The summed E-state index contributed by atoms with van der Waals surface area (Å²) < 4.78 is 11.1. The van der Waals surface area contributed by atoms with Gasteiger partial charge in [0.2, 0.25) is 0 Å². The van der Waals surface area contributed by atoms with Gasteiger partial charge >= 0.3 is 0 Å². The van der Waals surface area contributed by atoms with Crippen LogP contribution in [0.3, 0.4) is 0 Å². The fourth-order valence-electron chi connectivity index (χ4n) is 2.79. The molecule has 0 radical (unpaired) electrons. The van der Waals surface area contributed by atoms with Crippen LogP contribution in [0.15, 0.2) is 57.9 Å². The van der Waals surface area contributed by atoms with Crippen LogP contribution < -0.4 is 15.4 Å². The van der Waals surface area contributed by atoms with Crippen LogP contribution in [0.4, 0.5) is 0 Å². The Bertz CT molecular complexity index is 900. The van der Waals surface area contributed by atoms with Gasteiger partial charge in [-0.1, -0.05) is 18.2 Å². The van der Waals surface area contributed by atoms with Crippen molar-refractivity contribution in [3.05, 3.63) is 59.9 Å². The summed E-state index contributed by atoms with van der Waals surface area (Å²) in [4.78, 5) is 4.58. The van der Waals surface area contributed by atoms with E-state index in [0.717, 1.165) is 23.3 Å². The zero-order valence-electron chi connectivity index (χ0n) is 15.8. The molecule has 0 spiro atoms. The SMILES string of the molecule is CCNC(=NCc1cc(OC)ccc1O)NC(C)c1cc2ccccc2o1. The molecule has 0 aliphatic rings. The first-order valence-corrected chi connectivity index (χ1v) is 9.00. The molecule has 142 valence electrons. The number of furan rings is 1. The van der Waals surface area contributed by atoms with E-state index in [1.165, 1.54) is 0 Å². The minimum atomic E-state index is -0.0610. The van der Waals surface area contributed by atoms with E-state index in [-0.39, 0.29) is 11.8 Å². The lowest BCUT2D eigenvalue weighted by atomic mass is 10.2. The van der Waals surface area contributed by atoms with E-state index >= 15 is 0 Å². The topological polar surface area (TPSA) is 79.0 Å². The zero-order valence-corrected chi connectivity index (χ0v) is 15.8. The number of nitrogens with zero attached hydrogens (tertiary/aromatic N) is 1. The van der Waals surface area contributed by atoms with E-state index in [9.17, 15) is 5.11 Å². The lowest BCUT2D eigenvalue weighted by Crippen LogP contribution is -2.38. The van der Waals surface area contributed by atoms with Crippen LogP contribution in [0.1, 0.15) is 31.2 Å². The van der Waals surface area contributed by atoms with Crippen LogP contribution in [0.5, 0.6) is 11.5 Å². The summed E-state index contributed by atoms with van der Waals surface area (Å²) >= 11 is 0. The Morgan fingerprint density at radius 1 is 1.22 bits per heavy atom. The van der Waals surface area contributed by atoms with Crippen molar-refractivity contribution < 1.29 is 14.3 Å². The first kappa shape index (κ1) is 18.6. The van der Waals surface area contributed by atoms with Crippen LogP contribution in [0.25, 0.3) is 11.0 Å². The van der Waals surface area contributed by atoms with E-state index in [0.29, 0.717) is 23.8 Å². The molecular weight excluding hydrogens is 342 g/mol. The van der Waals surface area contributed by atoms with Gasteiger partial charge in [-0.05, 0) is 44.2 Å². The number of fused-ring (bicyclic) bond motifs is 1. The predicted octanol–water partition coefficient (Wildman–Crippen LogP) is 3.96. The van der Waals surface area contributed by atoms with Gasteiger partial charge in [-0.3, -0.25) is 0 Å². The molecule has 0 aliphatic heterocycles. The summed E-state index contributed by atoms with van der Waals surface area (Å²) in [5, 5.41) is 17.7. The number of hydrogen-bond donors (Lipinski definition) is 3. The second-order valence-electron chi connectivity index (χ2n) is 6.24. The van der Waals surface area contributed by atoms with E-state index < -0.39 is 0 Å². The Kier molecular flexibility index (Phi) is 5.86. The number of nitrogens with one attached hydrogen (secondary N) is 2. The normalized spacial score (nSPS) is 12.8. The van der Waals surface area contributed by atoms with Crippen LogP contribution in [0.2, 0.25) is 0 Å². The molecule has 1 aromatic heterocycles. The lowest BCUT2D eigenvalue weighted by Gasteiger charge is -2.16. The number of phenolic OH excluding ortho intramolecular Hbond substituents is 1.